The van der Waals surface area contributed by atoms with E-state index in [-0.39, 0.29) is 0 Å². The zero-order chi connectivity index (χ0) is 15.3. The predicted molar refractivity (Wildman–Crippen MR) is 63.7 cm³/mol. The summed E-state index contributed by atoms with van der Waals surface area (Å²) in [6, 6.07) is 0.152. The number of primary amides is 1. The number of nitrogens with one attached hydrogen (secondary N) is 2. The summed E-state index contributed by atoms with van der Waals surface area (Å²) in [7, 11) is 0. The highest BCUT2D eigenvalue weighted by Crippen LogP contribution is 2.17. The molecule has 108 valence electrons. The molecule has 5 N–H and O–H groups in total. The van der Waals surface area contributed by atoms with Gasteiger partial charge in [0.2, 0.25) is 5.91 Å². The van der Waals surface area contributed by atoms with Crippen LogP contribution < -0.4 is 16.4 Å². The number of carbonyl (C=O) groups is 3. The third-order valence-corrected chi connectivity index (χ3v) is 2.21. The maximum Gasteiger partial charge on any atom is 0.326 e. The van der Waals surface area contributed by atoms with Crippen molar-refractivity contribution in [2.24, 2.45) is 5.73 Å². The summed E-state index contributed by atoms with van der Waals surface area (Å²) in [5.74, 6) is -4.51. The van der Waals surface area contributed by atoms with E-state index < -0.39 is 47.7 Å². The zero-order valence-electron chi connectivity index (χ0n) is 10.0. The molecular formula is C11H11F2N3O4. The quantitative estimate of drug-likeness (QED) is 0.626. The Balaban J connectivity index is 2.76. The van der Waals surface area contributed by atoms with Gasteiger partial charge in [-0.1, -0.05) is 6.07 Å². The molecule has 0 fully saturated rings. The number of anilines is 1. The smallest absolute Gasteiger partial charge is 0.326 e. The summed E-state index contributed by atoms with van der Waals surface area (Å²) in [4.78, 5) is 32.8. The van der Waals surface area contributed by atoms with Gasteiger partial charge in [-0.05, 0) is 12.1 Å². The maximum absolute atomic E-state index is 13.2. The standard InChI is InChI=1S/C11H11F2N3O4/c12-5-2-1-3-6(13)9(5)16-11(20)15-7(10(18)19)4-8(14)17/h1-3,7H,4H2,(H2,14,17)(H,18,19)(H2,15,16,20). The molecule has 1 unspecified atom stereocenters. The van der Waals surface area contributed by atoms with E-state index >= 15 is 0 Å². The molecule has 0 aliphatic carbocycles. The molecule has 1 rings (SSSR count). The van der Waals surface area contributed by atoms with Crippen molar-refractivity contribution in [3.05, 3.63) is 29.8 Å². The first-order chi connectivity index (χ1) is 9.31. The van der Waals surface area contributed by atoms with Crippen LogP contribution in [0.1, 0.15) is 6.42 Å². The molecule has 0 aromatic heterocycles. The SMILES string of the molecule is NC(=O)CC(NC(=O)Nc1c(F)cccc1F)C(=O)O. The fourth-order valence-corrected chi connectivity index (χ4v) is 1.33. The molecule has 0 radical (unpaired) electrons. The molecule has 0 aliphatic rings. The monoisotopic (exact) mass is 287 g/mol. The lowest BCUT2D eigenvalue weighted by molar-refractivity contribution is -0.140. The molecule has 9 heteroatoms. The number of carbonyl (C=O) groups excluding carboxylic acids is 2. The molecule has 0 aliphatic heterocycles. The summed E-state index contributed by atoms with van der Waals surface area (Å²) in [6.45, 7) is 0. The van der Waals surface area contributed by atoms with E-state index in [1.165, 1.54) is 0 Å². The lowest BCUT2D eigenvalue weighted by Crippen LogP contribution is -2.45. The highest BCUT2D eigenvalue weighted by molar-refractivity contribution is 5.94. The first kappa shape index (κ1) is 15.3. The Labute approximate surface area is 111 Å². The fraction of sp³-hybridized carbons (Fsp3) is 0.182. The topological polar surface area (TPSA) is 122 Å². The normalized spacial score (nSPS) is 11.5. The Hall–Kier alpha value is -2.71. The van der Waals surface area contributed by atoms with Gasteiger partial charge >= 0.3 is 12.0 Å². The van der Waals surface area contributed by atoms with Crippen molar-refractivity contribution in [2.45, 2.75) is 12.5 Å². The number of halogens is 2. The molecule has 0 saturated carbocycles. The number of carboxylic acids is 1. The molecule has 3 amide bonds. The molecule has 1 aromatic carbocycles. The Morgan fingerprint density at radius 3 is 2.25 bits per heavy atom. The van der Waals surface area contributed by atoms with Crippen LogP contribution in [0.3, 0.4) is 0 Å². The average molecular weight is 287 g/mol. The van der Waals surface area contributed by atoms with Crippen molar-refractivity contribution >= 4 is 23.6 Å². The van der Waals surface area contributed by atoms with Gasteiger partial charge in [0.05, 0.1) is 6.42 Å². The summed E-state index contributed by atoms with van der Waals surface area (Å²) < 4.78 is 26.5. The van der Waals surface area contributed by atoms with Crippen molar-refractivity contribution in [3.63, 3.8) is 0 Å². The Morgan fingerprint density at radius 2 is 1.80 bits per heavy atom. The van der Waals surface area contributed by atoms with Crippen LogP contribution in [0.25, 0.3) is 0 Å². The number of carboxylic acid groups (broad SMARTS) is 1. The predicted octanol–water partition coefficient (Wildman–Crippen LogP) is 0.415. The summed E-state index contributed by atoms with van der Waals surface area (Å²) in [5, 5.41) is 12.4. The van der Waals surface area contributed by atoms with E-state index in [1.54, 1.807) is 0 Å². The van der Waals surface area contributed by atoms with Gasteiger partial charge in [-0.15, -0.1) is 0 Å². The minimum Gasteiger partial charge on any atom is -0.480 e. The van der Waals surface area contributed by atoms with Crippen LogP contribution >= 0.6 is 0 Å². The lowest BCUT2D eigenvalue weighted by atomic mass is 10.2. The highest BCUT2D eigenvalue weighted by atomic mass is 19.1. The highest BCUT2D eigenvalue weighted by Gasteiger charge is 2.23. The number of nitrogens with two attached hydrogens (primary N) is 1. The van der Waals surface area contributed by atoms with Gasteiger partial charge in [0.15, 0.2) is 0 Å². The third kappa shape index (κ3) is 4.19. The summed E-state index contributed by atoms with van der Waals surface area (Å²) in [5.41, 5.74) is 4.09. The summed E-state index contributed by atoms with van der Waals surface area (Å²) in [6.07, 6.45) is -0.650. The Morgan fingerprint density at radius 1 is 1.25 bits per heavy atom. The zero-order valence-corrected chi connectivity index (χ0v) is 10.0. The summed E-state index contributed by atoms with van der Waals surface area (Å²) >= 11 is 0. The van der Waals surface area contributed by atoms with Gasteiger partial charge in [-0.2, -0.15) is 0 Å². The minimum absolute atomic E-state index is 0.650. The lowest BCUT2D eigenvalue weighted by Gasteiger charge is -2.14. The van der Waals surface area contributed by atoms with Crippen molar-refractivity contribution in [1.82, 2.24) is 5.32 Å². The van der Waals surface area contributed by atoms with Crippen molar-refractivity contribution < 1.29 is 28.3 Å². The molecule has 0 saturated heterocycles. The number of rotatable bonds is 5. The number of hydrogen-bond acceptors (Lipinski definition) is 3. The molecule has 1 aromatic rings. The number of para-hydroxylation sites is 1. The van der Waals surface area contributed by atoms with Crippen LogP contribution in [-0.2, 0) is 9.59 Å². The Kier molecular flexibility index (Phi) is 4.95. The second-order valence-electron chi connectivity index (χ2n) is 3.76. The number of aliphatic carboxylic acids is 1. The number of amides is 3. The van der Waals surface area contributed by atoms with E-state index in [1.807, 2.05) is 10.6 Å². The van der Waals surface area contributed by atoms with Gasteiger partial charge in [0, 0.05) is 0 Å². The second kappa shape index (κ2) is 6.45. The van der Waals surface area contributed by atoms with Gasteiger partial charge < -0.3 is 21.5 Å². The maximum atomic E-state index is 13.2. The Bertz CT molecular complexity index is 530. The van der Waals surface area contributed by atoms with Crippen LogP contribution in [0.2, 0.25) is 0 Å². The largest absolute Gasteiger partial charge is 0.480 e. The van der Waals surface area contributed by atoms with Gasteiger partial charge in [0.1, 0.15) is 23.4 Å². The van der Waals surface area contributed by atoms with Crippen molar-refractivity contribution in [3.8, 4) is 0 Å². The van der Waals surface area contributed by atoms with E-state index in [4.69, 9.17) is 10.8 Å². The van der Waals surface area contributed by atoms with Crippen LogP contribution in [0, 0.1) is 11.6 Å². The number of benzene rings is 1. The van der Waals surface area contributed by atoms with Crippen molar-refractivity contribution in [1.29, 1.82) is 0 Å². The van der Waals surface area contributed by atoms with E-state index in [0.29, 0.717) is 0 Å². The second-order valence-corrected chi connectivity index (χ2v) is 3.76. The molecule has 0 heterocycles. The first-order valence-corrected chi connectivity index (χ1v) is 5.34. The fourth-order valence-electron chi connectivity index (χ4n) is 1.33. The van der Waals surface area contributed by atoms with E-state index in [9.17, 15) is 23.2 Å². The first-order valence-electron chi connectivity index (χ1n) is 5.34. The van der Waals surface area contributed by atoms with E-state index in [0.717, 1.165) is 18.2 Å². The van der Waals surface area contributed by atoms with Gasteiger partial charge in [-0.3, -0.25) is 4.79 Å². The molecule has 20 heavy (non-hydrogen) atoms. The molecule has 7 nitrogen and oxygen atoms in total. The van der Waals surface area contributed by atoms with Gasteiger partial charge in [-0.25, -0.2) is 18.4 Å². The minimum atomic E-state index is -1.60. The average Bonchev–Trinajstić information content (AvgIpc) is 2.32. The molecule has 0 spiro atoms. The van der Waals surface area contributed by atoms with Crippen LogP contribution in [0.5, 0.6) is 0 Å². The molecule has 0 bridgehead atoms. The van der Waals surface area contributed by atoms with Crippen LogP contribution in [-0.4, -0.2) is 29.1 Å². The van der Waals surface area contributed by atoms with E-state index in [2.05, 4.69) is 0 Å². The van der Waals surface area contributed by atoms with Crippen LogP contribution in [0.4, 0.5) is 19.3 Å². The molecular weight excluding hydrogens is 276 g/mol. The number of urea groups is 1. The van der Waals surface area contributed by atoms with Gasteiger partial charge in [0.25, 0.3) is 0 Å². The third-order valence-electron chi connectivity index (χ3n) is 2.21. The van der Waals surface area contributed by atoms with Crippen LogP contribution in [0.15, 0.2) is 18.2 Å². The number of hydrogen-bond donors (Lipinski definition) is 4. The molecule has 1 atom stereocenters. The van der Waals surface area contributed by atoms with Crippen molar-refractivity contribution in [2.75, 3.05) is 5.32 Å².